The number of carbonyl (C=O) groups is 1. The lowest BCUT2D eigenvalue weighted by Gasteiger charge is -2.07. The predicted octanol–water partition coefficient (Wildman–Crippen LogP) is 1.68. The topological polar surface area (TPSA) is 58.6 Å². The Morgan fingerprint density at radius 2 is 2.24 bits per heavy atom. The Bertz CT molecular complexity index is 387. The van der Waals surface area contributed by atoms with Gasteiger partial charge in [-0.15, -0.1) is 0 Å². The fourth-order valence-electron chi connectivity index (χ4n) is 1.17. The highest BCUT2D eigenvalue weighted by molar-refractivity contribution is 14.1. The van der Waals surface area contributed by atoms with Crippen molar-refractivity contribution in [2.24, 2.45) is 0 Å². The van der Waals surface area contributed by atoms with Gasteiger partial charge >= 0.3 is 0 Å². The van der Waals surface area contributed by atoms with Gasteiger partial charge in [-0.1, -0.05) is 11.6 Å². The number of amides is 1. The SMILES string of the molecule is O=C(NCCOCCO)c1cc(Cl)ccc1I. The molecule has 0 bridgehead atoms. The first-order valence-electron chi connectivity index (χ1n) is 5.07. The van der Waals surface area contributed by atoms with E-state index in [-0.39, 0.29) is 19.1 Å². The molecule has 0 saturated carbocycles. The van der Waals surface area contributed by atoms with Crippen molar-refractivity contribution >= 4 is 40.1 Å². The standard InChI is InChI=1S/C11H13ClINO3/c12-8-1-2-10(13)9(7-8)11(16)14-3-5-17-6-4-15/h1-2,7,15H,3-6H2,(H,14,16). The number of hydrogen-bond acceptors (Lipinski definition) is 3. The second kappa shape index (κ2) is 7.86. The smallest absolute Gasteiger partial charge is 0.252 e. The zero-order valence-corrected chi connectivity index (χ0v) is 12.0. The number of aliphatic hydroxyl groups is 1. The molecule has 0 aliphatic rings. The monoisotopic (exact) mass is 369 g/mol. The molecule has 1 rings (SSSR count). The number of rotatable bonds is 6. The minimum Gasteiger partial charge on any atom is -0.394 e. The van der Waals surface area contributed by atoms with Gasteiger partial charge < -0.3 is 15.2 Å². The van der Waals surface area contributed by atoms with Crippen LogP contribution in [0.15, 0.2) is 18.2 Å². The Labute approximate surface area is 118 Å². The first-order valence-corrected chi connectivity index (χ1v) is 6.52. The van der Waals surface area contributed by atoms with E-state index in [1.54, 1.807) is 18.2 Å². The highest BCUT2D eigenvalue weighted by Gasteiger charge is 2.09. The van der Waals surface area contributed by atoms with Crippen molar-refractivity contribution in [2.45, 2.75) is 0 Å². The van der Waals surface area contributed by atoms with Crippen molar-refractivity contribution in [3.8, 4) is 0 Å². The van der Waals surface area contributed by atoms with E-state index in [0.29, 0.717) is 23.7 Å². The largest absolute Gasteiger partial charge is 0.394 e. The molecule has 0 spiro atoms. The lowest BCUT2D eigenvalue weighted by Crippen LogP contribution is -2.28. The number of ether oxygens (including phenoxy) is 1. The Balaban J connectivity index is 2.44. The highest BCUT2D eigenvalue weighted by Crippen LogP contribution is 2.17. The molecular weight excluding hydrogens is 356 g/mol. The average molecular weight is 370 g/mol. The van der Waals surface area contributed by atoms with Crippen LogP contribution in [0.4, 0.5) is 0 Å². The Morgan fingerprint density at radius 3 is 2.94 bits per heavy atom. The van der Waals surface area contributed by atoms with Crippen LogP contribution in [-0.4, -0.2) is 37.4 Å². The number of halogens is 2. The maximum Gasteiger partial charge on any atom is 0.252 e. The van der Waals surface area contributed by atoms with Crippen LogP contribution in [0, 0.1) is 3.57 Å². The van der Waals surface area contributed by atoms with Crippen LogP contribution in [0.3, 0.4) is 0 Å². The summed E-state index contributed by atoms with van der Waals surface area (Å²) in [5.41, 5.74) is 0.556. The molecule has 1 amide bonds. The van der Waals surface area contributed by atoms with E-state index in [1.165, 1.54) is 0 Å². The number of carbonyl (C=O) groups excluding carboxylic acids is 1. The summed E-state index contributed by atoms with van der Waals surface area (Å²) in [4.78, 5) is 11.8. The number of hydrogen-bond donors (Lipinski definition) is 2. The van der Waals surface area contributed by atoms with E-state index in [4.69, 9.17) is 21.4 Å². The molecular formula is C11H13ClINO3. The van der Waals surface area contributed by atoms with Crippen molar-refractivity contribution in [1.29, 1.82) is 0 Å². The molecule has 0 aliphatic heterocycles. The van der Waals surface area contributed by atoms with E-state index in [2.05, 4.69) is 27.9 Å². The van der Waals surface area contributed by atoms with Gasteiger partial charge in [0.1, 0.15) is 0 Å². The van der Waals surface area contributed by atoms with Gasteiger partial charge in [0, 0.05) is 15.1 Å². The number of benzene rings is 1. The fourth-order valence-corrected chi connectivity index (χ4v) is 1.92. The molecule has 0 aliphatic carbocycles. The molecule has 94 valence electrons. The summed E-state index contributed by atoms with van der Waals surface area (Å²) in [6, 6.07) is 5.16. The lowest BCUT2D eigenvalue weighted by molar-refractivity contribution is 0.0837. The zero-order valence-electron chi connectivity index (χ0n) is 9.08. The van der Waals surface area contributed by atoms with Gasteiger partial charge in [0.15, 0.2) is 0 Å². The van der Waals surface area contributed by atoms with Crippen molar-refractivity contribution in [1.82, 2.24) is 5.32 Å². The molecule has 1 aromatic carbocycles. The van der Waals surface area contributed by atoms with Crippen LogP contribution < -0.4 is 5.32 Å². The quantitative estimate of drug-likeness (QED) is 0.592. The summed E-state index contributed by atoms with van der Waals surface area (Å²) >= 11 is 7.91. The van der Waals surface area contributed by atoms with E-state index in [1.807, 2.05) is 0 Å². The minimum absolute atomic E-state index is 0.0138. The first-order chi connectivity index (χ1) is 8.15. The third kappa shape index (κ3) is 5.20. The number of nitrogens with one attached hydrogen (secondary N) is 1. The summed E-state index contributed by atoms with van der Waals surface area (Å²) in [6.45, 7) is 1.05. The summed E-state index contributed by atoms with van der Waals surface area (Å²) in [5.74, 6) is -0.176. The van der Waals surface area contributed by atoms with E-state index >= 15 is 0 Å². The summed E-state index contributed by atoms with van der Waals surface area (Å²) in [7, 11) is 0. The lowest BCUT2D eigenvalue weighted by atomic mass is 10.2. The van der Waals surface area contributed by atoms with Gasteiger partial charge in [0.05, 0.1) is 25.4 Å². The summed E-state index contributed by atoms with van der Waals surface area (Å²) in [5, 5.41) is 11.7. The maximum absolute atomic E-state index is 11.8. The van der Waals surface area contributed by atoms with Crippen molar-refractivity contribution < 1.29 is 14.6 Å². The molecule has 0 saturated heterocycles. The molecule has 0 aromatic heterocycles. The molecule has 0 heterocycles. The molecule has 1 aromatic rings. The molecule has 17 heavy (non-hydrogen) atoms. The average Bonchev–Trinajstić information content (AvgIpc) is 2.32. The second-order valence-corrected chi connectivity index (χ2v) is 4.81. The van der Waals surface area contributed by atoms with Crippen LogP contribution in [0.1, 0.15) is 10.4 Å². The highest BCUT2D eigenvalue weighted by atomic mass is 127. The second-order valence-electron chi connectivity index (χ2n) is 3.22. The molecule has 0 unspecified atom stereocenters. The molecule has 0 atom stereocenters. The van der Waals surface area contributed by atoms with Gasteiger partial charge in [-0.25, -0.2) is 0 Å². The van der Waals surface area contributed by atoms with Crippen LogP contribution in [0.5, 0.6) is 0 Å². The van der Waals surface area contributed by atoms with Gasteiger partial charge in [-0.3, -0.25) is 4.79 Å². The van der Waals surface area contributed by atoms with Gasteiger partial charge in [-0.2, -0.15) is 0 Å². The molecule has 2 N–H and O–H groups in total. The van der Waals surface area contributed by atoms with Crippen LogP contribution in [-0.2, 0) is 4.74 Å². The fraction of sp³-hybridized carbons (Fsp3) is 0.364. The van der Waals surface area contributed by atoms with Gasteiger partial charge in [0.2, 0.25) is 0 Å². The van der Waals surface area contributed by atoms with Crippen molar-refractivity contribution in [2.75, 3.05) is 26.4 Å². The summed E-state index contributed by atoms with van der Waals surface area (Å²) < 4.78 is 5.88. The van der Waals surface area contributed by atoms with Crippen LogP contribution >= 0.6 is 34.2 Å². The van der Waals surface area contributed by atoms with Crippen molar-refractivity contribution in [3.05, 3.63) is 32.4 Å². The van der Waals surface area contributed by atoms with Crippen LogP contribution in [0.25, 0.3) is 0 Å². The predicted molar refractivity (Wildman–Crippen MR) is 74.4 cm³/mol. The van der Waals surface area contributed by atoms with Crippen LogP contribution in [0.2, 0.25) is 5.02 Å². The molecule has 6 heteroatoms. The normalized spacial score (nSPS) is 10.3. The van der Waals surface area contributed by atoms with E-state index in [9.17, 15) is 4.79 Å². The first kappa shape index (κ1) is 14.7. The Hall–Kier alpha value is -0.370. The van der Waals surface area contributed by atoms with Gasteiger partial charge in [0.25, 0.3) is 5.91 Å². The van der Waals surface area contributed by atoms with E-state index < -0.39 is 0 Å². The molecule has 4 nitrogen and oxygen atoms in total. The Kier molecular flexibility index (Phi) is 6.79. The summed E-state index contributed by atoms with van der Waals surface area (Å²) in [6.07, 6.45) is 0. The third-order valence-corrected chi connectivity index (χ3v) is 3.12. The molecule has 0 radical (unpaired) electrons. The van der Waals surface area contributed by atoms with Crippen molar-refractivity contribution in [3.63, 3.8) is 0 Å². The maximum atomic E-state index is 11.8. The Morgan fingerprint density at radius 1 is 1.47 bits per heavy atom. The van der Waals surface area contributed by atoms with E-state index in [0.717, 1.165) is 3.57 Å². The van der Waals surface area contributed by atoms with Gasteiger partial charge in [-0.05, 0) is 40.8 Å². The zero-order chi connectivity index (χ0) is 12.7. The minimum atomic E-state index is -0.176. The number of aliphatic hydroxyl groups excluding tert-OH is 1. The molecule has 0 fully saturated rings. The third-order valence-electron chi connectivity index (χ3n) is 1.94.